The van der Waals surface area contributed by atoms with Crippen LogP contribution in [0.4, 0.5) is 0 Å². The van der Waals surface area contributed by atoms with Crippen LogP contribution in [0.15, 0.2) is 54.4 Å². The average Bonchev–Trinajstić information content (AvgIpc) is 2.65. The molecule has 2 aromatic rings. The van der Waals surface area contributed by atoms with Crippen molar-refractivity contribution in [2.24, 2.45) is 0 Å². The normalized spacial score (nSPS) is 12.3. The second-order valence-electron chi connectivity index (χ2n) is 6.00. The molecule has 0 amide bonds. The van der Waals surface area contributed by atoms with Gasteiger partial charge in [-0.1, -0.05) is 60.7 Å². The standard InChI is InChI=1S/C20H22N2/c1-21(2)20(22(3)4)19-17-11-7-5-9-15(17)13-14-16-10-6-8-12-18(16)19/h5-14H,1-4H3. The molecule has 22 heavy (non-hydrogen) atoms. The maximum Gasteiger partial charge on any atom is 0.112 e. The van der Waals surface area contributed by atoms with Gasteiger partial charge in [-0.25, -0.2) is 0 Å². The third-order valence-electron chi connectivity index (χ3n) is 3.97. The first kappa shape index (κ1) is 14.5. The molecule has 3 rings (SSSR count). The summed E-state index contributed by atoms with van der Waals surface area (Å²) < 4.78 is 0. The van der Waals surface area contributed by atoms with Crippen LogP contribution in [0.25, 0.3) is 17.7 Å². The summed E-state index contributed by atoms with van der Waals surface area (Å²) in [5.41, 5.74) is 6.36. The van der Waals surface area contributed by atoms with Crippen LogP contribution in [0.5, 0.6) is 0 Å². The SMILES string of the molecule is CN(C)C(=C1c2ccccc2C=Cc2ccccc21)N(C)C. The summed E-state index contributed by atoms with van der Waals surface area (Å²) in [6.07, 6.45) is 4.42. The van der Waals surface area contributed by atoms with Crippen molar-refractivity contribution in [2.45, 2.75) is 0 Å². The molecular weight excluding hydrogens is 268 g/mol. The molecule has 0 N–H and O–H groups in total. The first-order valence-electron chi connectivity index (χ1n) is 7.55. The number of fused-ring (bicyclic) bond motifs is 2. The molecule has 1 aliphatic carbocycles. The summed E-state index contributed by atoms with van der Waals surface area (Å²) in [5.74, 6) is 1.21. The van der Waals surface area contributed by atoms with E-state index in [0.29, 0.717) is 0 Å². The van der Waals surface area contributed by atoms with Crippen molar-refractivity contribution < 1.29 is 0 Å². The van der Waals surface area contributed by atoms with Gasteiger partial charge in [0, 0.05) is 33.8 Å². The fourth-order valence-electron chi connectivity index (χ4n) is 3.15. The Morgan fingerprint density at radius 2 is 1.05 bits per heavy atom. The number of rotatable bonds is 2. The van der Waals surface area contributed by atoms with Crippen LogP contribution < -0.4 is 0 Å². The molecule has 2 aromatic carbocycles. The fraction of sp³-hybridized carbons (Fsp3) is 0.200. The summed E-state index contributed by atoms with van der Waals surface area (Å²) in [7, 11) is 8.41. The molecule has 0 bridgehead atoms. The molecule has 0 atom stereocenters. The van der Waals surface area contributed by atoms with Gasteiger partial charge in [-0.15, -0.1) is 0 Å². The smallest absolute Gasteiger partial charge is 0.112 e. The van der Waals surface area contributed by atoms with Crippen LogP contribution >= 0.6 is 0 Å². The molecule has 0 fully saturated rings. The Balaban J connectivity index is 2.42. The van der Waals surface area contributed by atoms with E-state index in [0.717, 1.165) is 0 Å². The van der Waals surface area contributed by atoms with E-state index in [4.69, 9.17) is 0 Å². The van der Waals surface area contributed by atoms with Gasteiger partial charge >= 0.3 is 0 Å². The lowest BCUT2D eigenvalue weighted by Gasteiger charge is -2.29. The van der Waals surface area contributed by atoms with Crippen molar-refractivity contribution in [1.29, 1.82) is 0 Å². The van der Waals surface area contributed by atoms with Crippen LogP contribution in [0.3, 0.4) is 0 Å². The van der Waals surface area contributed by atoms with E-state index in [1.807, 2.05) is 0 Å². The van der Waals surface area contributed by atoms with E-state index in [1.165, 1.54) is 33.6 Å². The van der Waals surface area contributed by atoms with Gasteiger partial charge in [0.05, 0.1) is 0 Å². The molecule has 0 spiro atoms. The predicted octanol–water partition coefficient (Wildman–Crippen LogP) is 4.01. The second kappa shape index (κ2) is 5.72. The molecule has 0 aliphatic heterocycles. The summed E-state index contributed by atoms with van der Waals surface area (Å²) >= 11 is 0. The van der Waals surface area contributed by atoms with Crippen molar-refractivity contribution in [1.82, 2.24) is 9.80 Å². The molecule has 0 saturated carbocycles. The van der Waals surface area contributed by atoms with Crippen molar-refractivity contribution in [3.8, 4) is 0 Å². The van der Waals surface area contributed by atoms with E-state index in [-0.39, 0.29) is 0 Å². The topological polar surface area (TPSA) is 6.48 Å². The Kier molecular flexibility index (Phi) is 3.76. The van der Waals surface area contributed by atoms with Crippen molar-refractivity contribution in [3.05, 3.63) is 76.6 Å². The molecule has 0 unspecified atom stereocenters. The molecule has 1 aliphatic rings. The quantitative estimate of drug-likeness (QED) is 0.703. The van der Waals surface area contributed by atoms with E-state index in [2.05, 4.69) is 98.7 Å². The first-order valence-corrected chi connectivity index (χ1v) is 7.55. The molecule has 0 aromatic heterocycles. The number of hydrogen-bond acceptors (Lipinski definition) is 2. The average molecular weight is 290 g/mol. The largest absolute Gasteiger partial charge is 0.364 e. The summed E-state index contributed by atoms with van der Waals surface area (Å²) in [5, 5.41) is 0. The highest BCUT2D eigenvalue weighted by Crippen LogP contribution is 2.36. The molecule has 2 heteroatoms. The highest BCUT2D eigenvalue weighted by Gasteiger charge is 2.21. The van der Waals surface area contributed by atoms with Crippen molar-refractivity contribution in [3.63, 3.8) is 0 Å². The minimum Gasteiger partial charge on any atom is -0.364 e. The van der Waals surface area contributed by atoms with Crippen LogP contribution in [-0.4, -0.2) is 38.0 Å². The Bertz CT molecular complexity index is 690. The lowest BCUT2D eigenvalue weighted by molar-refractivity contribution is 0.346. The molecular formula is C20H22N2. The summed E-state index contributed by atoms with van der Waals surface area (Å²) in [6.45, 7) is 0. The third-order valence-corrected chi connectivity index (χ3v) is 3.97. The third kappa shape index (κ3) is 2.41. The number of hydrogen-bond donors (Lipinski definition) is 0. The Morgan fingerprint density at radius 1 is 0.636 bits per heavy atom. The van der Waals surface area contributed by atoms with Crippen LogP contribution in [0.1, 0.15) is 22.3 Å². The molecule has 2 nitrogen and oxygen atoms in total. The van der Waals surface area contributed by atoms with Gasteiger partial charge < -0.3 is 9.80 Å². The maximum atomic E-state index is 2.21. The van der Waals surface area contributed by atoms with E-state index >= 15 is 0 Å². The minimum atomic E-state index is 1.21. The summed E-state index contributed by atoms with van der Waals surface area (Å²) in [4.78, 5) is 4.38. The van der Waals surface area contributed by atoms with E-state index in [9.17, 15) is 0 Å². The Hall–Kier alpha value is -2.48. The van der Waals surface area contributed by atoms with Crippen molar-refractivity contribution in [2.75, 3.05) is 28.2 Å². The van der Waals surface area contributed by atoms with Crippen molar-refractivity contribution >= 4 is 17.7 Å². The highest BCUT2D eigenvalue weighted by atomic mass is 15.3. The lowest BCUT2D eigenvalue weighted by Crippen LogP contribution is -2.26. The van der Waals surface area contributed by atoms with Gasteiger partial charge in [0.2, 0.25) is 0 Å². The maximum absolute atomic E-state index is 2.21. The minimum absolute atomic E-state index is 1.21. The predicted molar refractivity (Wildman–Crippen MR) is 95.2 cm³/mol. The number of nitrogens with zero attached hydrogens (tertiary/aromatic N) is 2. The van der Waals surface area contributed by atoms with Crippen LogP contribution in [0.2, 0.25) is 0 Å². The number of benzene rings is 2. The molecule has 0 radical (unpaired) electrons. The van der Waals surface area contributed by atoms with Gasteiger partial charge in [-0.2, -0.15) is 0 Å². The Labute approximate surface area is 133 Å². The van der Waals surface area contributed by atoms with Crippen LogP contribution in [0, 0.1) is 0 Å². The monoisotopic (exact) mass is 290 g/mol. The fourth-order valence-corrected chi connectivity index (χ4v) is 3.15. The van der Waals surface area contributed by atoms with Gasteiger partial charge in [-0.05, 0) is 22.3 Å². The van der Waals surface area contributed by atoms with Gasteiger partial charge in [0.1, 0.15) is 5.82 Å². The van der Waals surface area contributed by atoms with Gasteiger partial charge in [-0.3, -0.25) is 0 Å². The zero-order valence-corrected chi connectivity index (χ0v) is 13.7. The van der Waals surface area contributed by atoms with E-state index in [1.54, 1.807) is 0 Å². The zero-order valence-electron chi connectivity index (χ0n) is 13.7. The van der Waals surface area contributed by atoms with Gasteiger partial charge in [0.15, 0.2) is 0 Å². The van der Waals surface area contributed by atoms with E-state index < -0.39 is 0 Å². The lowest BCUT2D eigenvalue weighted by atomic mass is 9.93. The first-order chi connectivity index (χ1) is 10.6. The highest BCUT2D eigenvalue weighted by molar-refractivity contribution is 5.94. The molecule has 0 saturated heterocycles. The second-order valence-corrected chi connectivity index (χ2v) is 6.00. The zero-order chi connectivity index (χ0) is 15.7. The summed E-state index contributed by atoms with van der Waals surface area (Å²) in [6, 6.07) is 17.2. The molecule has 0 heterocycles. The Morgan fingerprint density at radius 3 is 1.45 bits per heavy atom. The van der Waals surface area contributed by atoms with Crippen LogP contribution in [-0.2, 0) is 0 Å². The van der Waals surface area contributed by atoms with Gasteiger partial charge in [0.25, 0.3) is 0 Å². The molecule has 112 valence electrons.